The Kier molecular flexibility index (Phi) is 5.29. The fourth-order valence-electron chi connectivity index (χ4n) is 2.24. The molecule has 120 valence electrons. The van der Waals surface area contributed by atoms with Crippen LogP contribution in [0.5, 0.6) is 5.75 Å². The molecule has 0 fully saturated rings. The largest absolute Gasteiger partial charge is 0.492 e. The minimum atomic E-state index is -0.823. The van der Waals surface area contributed by atoms with Gasteiger partial charge in [0.1, 0.15) is 12.4 Å². The van der Waals surface area contributed by atoms with Crippen LogP contribution in [0.3, 0.4) is 0 Å². The van der Waals surface area contributed by atoms with Gasteiger partial charge < -0.3 is 14.8 Å². The number of fused-ring (bicyclic) bond motifs is 1. The first-order valence-electron chi connectivity index (χ1n) is 7.29. The SMILES string of the molecule is CC(C)NC(=O)[C@H](C)OC(=O)[C@H]1COc2ccc(Cl)cc2C1. The second-order valence-corrected chi connectivity index (χ2v) is 6.14. The zero-order valence-electron chi connectivity index (χ0n) is 12.9. The molecular weight excluding hydrogens is 306 g/mol. The van der Waals surface area contributed by atoms with Crippen molar-refractivity contribution in [1.82, 2.24) is 5.32 Å². The lowest BCUT2D eigenvalue weighted by Crippen LogP contribution is -2.41. The van der Waals surface area contributed by atoms with Gasteiger partial charge in [0.15, 0.2) is 6.10 Å². The average molecular weight is 326 g/mol. The van der Waals surface area contributed by atoms with Crippen LogP contribution in [-0.4, -0.2) is 30.6 Å². The van der Waals surface area contributed by atoms with E-state index in [-0.39, 0.29) is 18.6 Å². The van der Waals surface area contributed by atoms with Crippen LogP contribution in [0.2, 0.25) is 5.02 Å². The molecule has 0 bridgehead atoms. The maximum absolute atomic E-state index is 12.2. The fraction of sp³-hybridized carbons (Fsp3) is 0.500. The lowest BCUT2D eigenvalue weighted by Gasteiger charge is -2.25. The quantitative estimate of drug-likeness (QED) is 0.863. The Labute approximate surface area is 134 Å². The molecule has 0 saturated carbocycles. The highest BCUT2D eigenvalue weighted by atomic mass is 35.5. The lowest BCUT2D eigenvalue weighted by atomic mass is 9.97. The highest BCUT2D eigenvalue weighted by Gasteiger charge is 2.30. The van der Waals surface area contributed by atoms with Gasteiger partial charge in [-0.15, -0.1) is 0 Å². The second-order valence-electron chi connectivity index (χ2n) is 5.71. The van der Waals surface area contributed by atoms with Crippen molar-refractivity contribution < 1.29 is 19.1 Å². The van der Waals surface area contributed by atoms with Gasteiger partial charge >= 0.3 is 5.97 Å². The van der Waals surface area contributed by atoms with E-state index in [1.54, 1.807) is 25.1 Å². The zero-order chi connectivity index (χ0) is 16.3. The van der Waals surface area contributed by atoms with Crippen molar-refractivity contribution in [2.45, 2.75) is 39.3 Å². The number of nitrogens with one attached hydrogen (secondary N) is 1. The Morgan fingerprint density at radius 2 is 2.09 bits per heavy atom. The average Bonchev–Trinajstić information content (AvgIpc) is 2.45. The van der Waals surface area contributed by atoms with E-state index < -0.39 is 18.0 Å². The number of ether oxygens (including phenoxy) is 2. The van der Waals surface area contributed by atoms with Crippen LogP contribution in [0, 0.1) is 5.92 Å². The van der Waals surface area contributed by atoms with E-state index in [2.05, 4.69) is 5.32 Å². The van der Waals surface area contributed by atoms with Crippen molar-refractivity contribution in [3.63, 3.8) is 0 Å². The summed E-state index contributed by atoms with van der Waals surface area (Å²) in [5.74, 6) is -0.431. The molecule has 0 spiro atoms. The minimum absolute atomic E-state index is 0.000634. The molecular formula is C16H20ClNO4. The molecule has 6 heteroatoms. The number of hydrogen-bond acceptors (Lipinski definition) is 4. The molecule has 0 aromatic heterocycles. The Bertz CT molecular complexity index is 573. The van der Waals surface area contributed by atoms with Gasteiger partial charge in [-0.1, -0.05) is 11.6 Å². The van der Waals surface area contributed by atoms with Crippen molar-refractivity contribution in [2.75, 3.05) is 6.61 Å². The maximum Gasteiger partial charge on any atom is 0.313 e. The van der Waals surface area contributed by atoms with Crippen LogP contribution in [0.4, 0.5) is 0 Å². The third-order valence-corrected chi connectivity index (χ3v) is 3.59. The predicted molar refractivity (Wildman–Crippen MR) is 83.0 cm³/mol. The maximum atomic E-state index is 12.2. The van der Waals surface area contributed by atoms with Gasteiger partial charge in [-0.25, -0.2) is 0 Å². The number of carbonyl (C=O) groups excluding carboxylic acids is 2. The molecule has 0 radical (unpaired) electrons. The monoisotopic (exact) mass is 325 g/mol. The first-order valence-corrected chi connectivity index (χ1v) is 7.66. The Balaban J connectivity index is 1.95. The second kappa shape index (κ2) is 7.01. The van der Waals surface area contributed by atoms with Gasteiger partial charge in [-0.05, 0) is 51.0 Å². The third-order valence-electron chi connectivity index (χ3n) is 3.36. The number of esters is 1. The van der Waals surface area contributed by atoms with Crippen molar-refractivity contribution in [3.8, 4) is 5.75 Å². The molecule has 0 aliphatic carbocycles. The molecule has 1 aliphatic heterocycles. The van der Waals surface area contributed by atoms with Crippen LogP contribution in [-0.2, 0) is 20.7 Å². The summed E-state index contributed by atoms with van der Waals surface area (Å²) in [5.41, 5.74) is 0.875. The smallest absolute Gasteiger partial charge is 0.313 e. The van der Waals surface area contributed by atoms with E-state index in [0.717, 1.165) is 11.3 Å². The first kappa shape index (κ1) is 16.6. The summed E-state index contributed by atoms with van der Waals surface area (Å²) in [4.78, 5) is 24.0. The lowest BCUT2D eigenvalue weighted by molar-refractivity contribution is -0.160. The highest BCUT2D eigenvalue weighted by molar-refractivity contribution is 6.30. The molecule has 1 aromatic carbocycles. The van der Waals surface area contributed by atoms with Gasteiger partial charge in [0.2, 0.25) is 0 Å². The molecule has 0 unspecified atom stereocenters. The van der Waals surface area contributed by atoms with Gasteiger partial charge in [0.25, 0.3) is 5.91 Å². The van der Waals surface area contributed by atoms with Crippen molar-refractivity contribution in [3.05, 3.63) is 28.8 Å². The summed E-state index contributed by atoms with van der Waals surface area (Å²) in [7, 11) is 0. The molecule has 2 atom stereocenters. The third kappa shape index (κ3) is 4.13. The Morgan fingerprint density at radius 3 is 2.77 bits per heavy atom. The van der Waals surface area contributed by atoms with Crippen molar-refractivity contribution >= 4 is 23.5 Å². The predicted octanol–water partition coefficient (Wildman–Crippen LogP) is 2.35. The number of hydrogen-bond donors (Lipinski definition) is 1. The zero-order valence-corrected chi connectivity index (χ0v) is 13.6. The van der Waals surface area contributed by atoms with E-state index >= 15 is 0 Å². The number of benzene rings is 1. The topological polar surface area (TPSA) is 64.6 Å². The number of halogens is 1. The van der Waals surface area contributed by atoms with E-state index in [9.17, 15) is 9.59 Å². The summed E-state index contributed by atoms with van der Waals surface area (Å²) in [5, 5.41) is 3.31. The fourth-order valence-corrected chi connectivity index (χ4v) is 2.44. The van der Waals surface area contributed by atoms with E-state index in [1.807, 2.05) is 13.8 Å². The van der Waals surface area contributed by atoms with E-state index in [0.29, 0.717) is 11.4 Å². The Hall–Kier alpha value is -1.75. The van der Waals surface area contributed by atoms with E-state index in [4.69, 9.17) is 21.1 Å². The Morgan fingerprint density at radius 1 is 1.36 bits per heavy atom. The molecule has 2 rings (SSSR count). The minimum Gasteiger partial charge on any atom is -0.492 e. The van der Waals surface area contributed by atoms with Gasteiger partial charge in [-0.2, -0.15) is 0 Å². The van der Waals surface area contributed by atoms with E-state index in [1.165, 1.54) is 0 Å². The summed E-state index contributed by atoms with van der Waals surface area (Å²) < 4.78 is 10.8. The molecule has 0 saturated heterocycles. The number of carbonyl (C=O) groups is 2. The highest BCUT2D eigenvalue weighted by Crippen LogP contribution is 2.30. The molecule has 1 aromatic rings. The molecule has 1 aliphatic rings. The first-order chi connectivity index (χ1) is 10.4. The number of amides is 1. The van der Waals surface area contributed by atoms with Crippen LogP contribution >= 0.6 is 11.6 Å². The van der Waals surface area contributed by atoms with Crippen molar-refractivity contribution in [2.24, 2.45) is 5.92 Å². The van der Waals surface area contributed by atoms with Crippen molar-refractivity contribution in [1.29, 1.82) is 0 Å². The molecule has 5 nitrogen and oxygen atoms in total. The molecule has 22 heavy (non-hydrogen) atoms. The van der Waals surface area contributed by atoms with Gasteiger partial charge in [0, 0.05) is 11.1 Å². The normalized spacial score (nSPS) is 18.1. The summed E-state index contributed by atoms with van der Waals surface area (Å²) >= 11 is 5.95. The van der Waals surface area contributed by atoms with Crippen LogP contribution < -0.4 is 10.1 Å². The number of rotatable bonds is 4. The standard InChI is InChI=1S/C16H20ClNO4/c1-9(2)18-15(19)10(3)22-16(20)12-6-11-7-13(17)4-5-14(11)21-8-12/h4-5,7,9-10,12H,6,8H2,1-3H3,(H,18,19)/t10-,12+/m0/s1. The molecule has 1 amide bonds. The molecule has 1 heterocycles. The van der Waals surface area contributed by atoms with Crippen LogP contribution in [0.25, 0.3) is 0 Å². The summed E-state index contributed by atoms with van der Waals surface area (Å²) in [6.07, 6.45) is -0.330. The van der Waals surface area contributed by atoms with Gasteiger partial charge in [-0.3, -0.25) is 9.59 Å². The van der Waals surface area contributed by atoms with Crippen LogP contribution in [0.15, 0.2) is 18.2 Å². The van der Waals surface area contributed by atoms with Gasteiger partial charge in [0.05, 0.1) is 5.92 Å². The molecule has 1 N–H and O–H groups in total. The summed E-state index contributed by atoms with van der Waals surface area (Å²) in [6, 6.07) is 5.32. The summed E-state index contributed by atoms with van der Waals surface area (Å²) in [6.45, 7) is 5.50. The van der Waals surface area contributed by atoms with Crippen LogP contribution in [0.1, 0.15) is 26.3 Å².